The van der Waals surface area contributed by atoms with Crippen LogP contribution < -0.4 is 0 Å². The van der Waals surface area contributed by atoms with Crippen LogP contribution in [0.15, 0.2) is 0 Å². The third kappa shape index (κ3) is 15.3. The summed E-state index contributed by atoms with van der Waals surface area (Å²) in [5, 5.41) is 41.3. The molecule has 4 unspecified atom stereocenters. The van der Waals surface area contributed by atoms with E-state index in [1.807, 2.05) is 6.92 Å². The molecule has 0 radical (unpaired) electrons. The lowest BCUT2D eigenvalue weighted by Gasteiger charge is -2.16. The largest absolute Gasteiger partial charge is 0.479 e. The van der Waals surface area contributed by atoms with Crippen LogP contribution in [0.4, 0.5) is 0 Å². The second-order valence-corrected chi connectivity index (χ2v) is 4.36. The van der Waals surface area contributed by atoms with Crippen molar-refractivity contribution >= 4 is 5.97 Å². The summed E-state index contributed by atoms with van der Waals surface area (Å²) in [6.07, 6.45) is -2.28. The fourth-order valence-electron chi connectivity index (χ4n) is 0.782. The van der Waals surface area contributed by atoms with Crippen LogP contribution in [-0.4, -0.2) is 82.3 Å². The van der Waals surface area contributed by atoms with Crippen LogP contribution >= 0.6 is 0 Å². The third-order valence-corrected chi connectivity index (χ3v) is 1.95. The molecule has 20 heavy (non-hydrogen) atoms. The summed E-state index contributed by atoms with van der Waals surface area (Å²) in [6, 6.07) is 0. The molecule has 8 nitrogen and oxygen atoms in total. The average Bonchev–Trinajstić information content (AvgIpc) is 2.41. The smallest absolute Gasteiger partial charge is 0.334 e. The second-order valence-electron chi connectivity index (χ2n) is 4.36. The van der Waals surface area contributed by atoms with Gasteiger partial charge in [0.25, 0.3) is 0 Å². The van der Waals surface area contributed by atoms with E-state index in [9.17, 15) is 4.79 Å². The summed E-state index contributed by atoms with van der Waals surface area (Å²) in [5.41, 5.74) is 0. The quantitative estimate of drug-likeness (QED) is 0.350. The number of hydrogen-bond donors (Lipinski definition) is 5. The Balaban J connectivity index is 0. The highest BCUT2D eigenvalue weighted by Gasteiger charge is 2.09. The Morgan fingerprint density at radius 1 is 0.950 bits per heavy atom. The molecule has 0 aromatic carbocycles. The van der Waals surface area contributed by atoms with Crippen LogP contribution in [0.3, 0.4) is 0 Å². The van der Waals surface area contributed by atoms with Crippen molar-refractivity contribution in [3.05, 3.63) is 0 Å². The lowest BCUT2D eigenvalue weighted by atomic mass is 10.4. The van der Waals surface area contributed by atoms with E-state index in [1.165, 1.54) is 0 Å². The first kappa shape index (κ1) is 21.5. The monoisotopic (exact) mass is 298 g/mol. The Morgan fingerprint density at radius 2 is 1.45 bits per heavy atom. The first-order chi connectivity index (χ1) is 9.24. The molecule has 0 bridgehead atoms. The van der Waals surface area contributed by atoms with E-state index in [2.05, 4.69) is 0 Å². The number of hydrogen-bond acceptors (Lipinski definition) is 7. The zero-order valence-electron chi connectivity index (χ0n) is 12.1. The van der Waals surface area contributed by atoms with Crippen molar-refractivity contribution in [1.82, 2.24) is 0 Å². The maximum Gasteiger partial charge on any atom is 0.334 e. The van der Waals surface area contributed by atoms with Gasteiger partial charge in [-0.3, -0.25) is 0 Å². The number of aliphatic carboxylic acids is 1. The van der Waals surface area contributed by atoms with Gasteiger partial charge in [0.2, 0.25) is 0 Å². The van der Waals surface area contributed by atoms with Gasteiger partial charge in [0.1, 0.15) is 0 Å². The number of carbonyl (C=O) groups is 1. The number of rotatable bonds is 9. The summed E-state index contributed by atoms with van der Waals surface area (Å²) >= 11 is 0. The minimum atomic E-state index is -1.63. The lowest BCUT2D eigenvalue weighted by molar-refractivity contribution is -0.148. The topological polar surface area (TPSA) is 137 Å². The summed E-state index contributed by atoms with van der Waals surface area (Å²) in [7, 11) is 0. The van der Waals surface area contributed by atoms with Crippen LogP contribution in [0.1, 0.15) is 20.8 Å². The molecule has 5 N–H and O–H groups in total. The second kappa shape index (κ2) is 13.2. The molecule has 8 heteroatoms. The molecule has 122 valence electrons. The van der Waals surface area contributed by atoms with Crippen molar-refractivity contribution in [2.45, 2.75) is 45.2 Å². The first-order valence-corrected chi connectivity index (χ1v) is 6.28. The van der Waals surface area contributed by atoms with Crippen LogP contribution in [-0.2, 0) is 14.3 Å². The molecule has 0 amide bonds. The standard InChI is InChI=1S/C9H20O4.C3H6O4/c1-7(11)5-12-9(3)6-13-8(2)4-10;4-1-2(5)3(6)7/h7-11H,4-6H2,1-3H3;2,4-5H,1H2,(H,6,7). The molecule has 4 atom stereocenters. The van der Waals surface area contributed by atoms with E-state index in [4.69, 9.17) is 35.0 Å². The van der Waals surface area contributed by atoms with Gasteiger partial charge in [-0.05, 0) is 20.8 Å². The molecular weight excluding hydrogens is 272 g/mol. The van der Waals surface area contributed by atoms with E-state index < -0.39 is 24.8 Å². The van der Waals surface area contributed by atoms with Crippen LogP contribution in [0.25, 0.3) is 0 Å². The predicted octanol–water partition coefficient (Wildman–Crippen LogP) is -1.41. The zero-order chi connectivity index (χ0) is 16.1. The summed E-state index contributed by atoms with van der Waals surface area (Å²) in [5.74, 6) is -1.40. The molecule has 0 rings (SSSR count). The fourth-order valence-corrected chi connectivity index (χ4v) is 0.782. The Morgan fingerprint density at radius 3 is 1.75 bits per heavy atom. The van der Waals surface area contributed by atoms with Gasteiger partial charge in [-0.1, -0.05) is 0 Å². The van der Waals surface area contributed by atoms with Gasteiger partial charge in [0, 0.05) is 0 Å². The van der Waals surface area contributed by atoms with Crippen molar-refractivity contribution in [2.75, 3.05) is 26.4 Å². The number of ether oxygens (including phenoxy) is 2. The Hall–Kier alpha value is -0.770. The molecule has 0 aliphatic heterocycles. The summed E-state index contributed by atoms with van der Waals surface area (Å²) in [4.78, 5) is 9.52. The van der Waals surface area contributed by atoms with Gasteiger partial charge in [0.15, 0.2) is 6.10 Å². The van der Waals surface area contributed by atoms with E-state index >= 15 is 0 Å². The van der Waals surface area contributed by atoms with Crippen molar-refractivity contribution in [3.8, 4) is 0 Å². The van der Waals surface area contributed by atoms with Crippen LogP contribution in [0, 0.1) is 0 Å². The molecule has 0 aliphatic carbocycles. The maximum atomic E-state index is 9.52. The normalized spacial score (nSPS) is 16.6. The predicted molar refractivity (Wildman–Crippen MR) is 70.3 cm³/mol. The highest BCUT2D eigenvalue weighted by atomic mass is 16.5. The first-order valence-electron chi connectivity index (χ1n) is 6.28. The molecule has 0 fully saturated rings. The van der Waals surface area contributed by atoms with E-state index in [0.717, 1.165) is 0 Å². The number of carboxylic acids is 1. The van der Waals surface area contributed by atoms with Crippen molar-refractivity contribution < 1.29 is 39.8 Å². The molecule has 0 aromatic rings. The number of aliphatic hydroxyl groups excluding tert-OH is 4. The zero-order valence-corrected chi connectivity index (χ0v) is 12.1. The minimum absolute atomic E-state index is 0.0170. The fraction of sp³-hybridized carbons (Fsp3) is 0.917. The van der Waals surface area contributed by atoms with Gasteiger partial charge >= 0.3 is 5.97 Å². The highest BCUT2D eigenvalue weighted by molar-refractivity contribution is 5.71. The number of carboxylic acid groups (broad SMARTS) is 1. The average molecular weight is 298 g/mol. The van der Waals surface area contributed by atoms with Gasteiger partial charge < -0.3 is 35.0 Å². The molecule has 0 heterocycles. The van der Waals surface area contributed by atoms with Crippen molar-refractivity contribution in [3.63, 3.8) is 0 Å². The van der Waals surface area contributed by atoms with Gasteiger partial charge in [-0.15, -0.1) is 0 Å². The van der Waals surface area contributed by atoms with E-state index in [-0.39, 0.29) is 18.8 Å². The molecule has 0 aromatic heterocycles. The molecule has 0 aliphatic rings. The van der Waals surface area contributed by atoms with E-state index in [0.29, 0.717) is 13.2 Å². The maximum absolute atomic E-state index is 9.52. The van der Waals surface area contributed by atoms with Crippen LogP contribution in [0.5, 0.6) is 0 Å². The molecule has 0 spiro atoms. The Kier molecular flexibility index (Phi) is 14.2. The molecule has 0 saturated heterocycles. The summed E-state index contributed by atoms with van der Waals surface area (Å²) < 4.78 is 10.5. The number of aliphatic hydroxyl groups is 4. The minimum Gasteiger partial charge on any atom is -0.479 e. The third-order valence-electron chi connectivity index (χ3n) is 1.95. The highest BCUT2D eigenvalue weighted by Crippen LogP contribution is 1.97. The van der Waals surface area contributed by atoms with Crippen molar-refractivity contribution in [2.24, 2.45) is 0 Å². The van der Waals surface area contributed by atoms with E-state index in [1.54, 1.807) is 13.8 Å². The SMILES string of the molecule is CC(O)COC(C)COC(C)CO.O=C(O)C(O)CO. The van der Waals surface area contributed by atoms with Gasteiger partial charge in [-0.2, -0.15) is 0 Å². The Labute approximate surface area is 118 Å². The van der Waals surface area contributed by atoms with Crippen LogP contribution in [0.2, 0.25) is 0 Å². The van der Waals surface area contributed by atoms with Crippen molar-refractivity contribution in [1.29, 1.82) is 0 Å². The van der Waals surface area contributed by atoms with Gasteiger partial charge in [-0.25, -0.2) is 4.79 Å². The molecule has 0 saturated carbocycles. The lowest BCUT2D eigenvalue weighted by Crippen LogP contribution is -2.24. The molecular formula is C12H26O8. The Bertz CT molecular complexity index is 233. The summed E-state index contributed by atoms with van der Waals surface area (Å²) in [6.45, 7) is 5.38. The van der Waals surface area contributed by atoms with Gasteiger partial charge in [0.05, 0.1) is 44.7 Å².